The Morgan fingerprint density at radius 3 is 2.74 bits per heavy atom. The molecule has 1 heterocycles. The second kappa shape index (κ2) is 8.26. The highest BCUT2D eigenvalue weighted by Crippen LogP contribution is 2.21. The Kier molecular flexibility index (Phi) is 6.08. The number of nitrogens with one attached hydrogen (secondary N) is 2. The van der Waals surface area contributed by atoms with Gasteiger partial charge in [-0.15, -0.1) is 0 Å². The van der Waals surface area contributed by atoms with E-state index < -0.39 is 6.04 Å². The summed E-state index contributed by atoms with van der Waals surface area (Å²) in [5, 5.41) is 2.62. The van der Waals surface area contributed by atoms with E-state index in [1.54, 1.807) is 13.2 Å². The van der Waals surface area contributed by atoms with Gasteiger partial charge in [0.15, 0.2) is 0 Å². The summed E-state index contributed by atoms with van der Waals surface area (Å²) in [7, 11) is 3.06. The summed E-state index contributed by atoms with van der Waals surface area (Å²) in [5.41, 5.74) is 5.36. The quantitative estimate of drug-likeness (QED) is 0.764. The van der Waals surface area contributed by atoms with Crippen LogP contribution in [0.2, 0.25) is 0 Å². The molecule has 0 saturated carbocycles. The molecular formula is C17H21N3O3. The number of hydrogen-bond acceptors (Lipinski definition) is 5. The van der Waals surface area contributed by atoms with Crippen LogP contribution in [0.1, 0.15) is 22.7 Å². The molecule has 0 fully saturated rings. The fourth-order valence-electron chi connectivity index (χ4n) is 2.24. The van der Waals surface area contributed by atoms with E-state index in [9.17, 15) is 4.79 Å². The van der Waals surface area contributed by atoms with Crippen LogP contribution in [0.4, 0.5) is 0 Å². The normalized spacial score (nSPS) is 11.8. The Morgan fingerprint density at radius 2 is 2.04 bits per heavy atom. The minimum absolute atomic E-state index is 0.187. The number of rotatable bonds is 7. The van der Waals surface area contributed by atoms with Gasteiger partial charge in [0.05, 0.1) is 7.11 Å². The number of aromatic nitrogens is 1. The number of ether oxygens (including phenoxy) is 1. The predicted octanol–water partition coefficient (Wildman–Crippen LogP) is 1.91. The van der Waals surface area contributed by atoms with E-state index in [0.29, 0.717) is 12.5 Å². The predicted molar refractivity (Wildman–Crippen MR) is 86.7 cm³/mol. The zero-order valence-electron chi connectivity index (χ0n) is 13.5. The summed E-state index contributed by atoms with van der Waals surface area (Å²) in [6.45, 7) is 2.25. The minimum atomic E-state index is -0.616. The van der Waals surface area contributed by atoms with Crippen molar-refractivity contribution in [1.82, 2.24) is 15.8 Å². The Hall–Kier alpha value is -2.44. The molecule has 0 aliphatic heterocycles. The van der Waals surface area contributed by atoms with Gasteiger partial charge in [0.1, 0.15) is 12.6 Å². The van der Waals surface area contributed by atoms with Crippen LogP contribution in [0, 0.1) is 6.92 Å². The maximum absolute atomic E-state index is 12.1. The van der Waals surface area contributed by atoms with Crippen molar-refractivity contribution in [2.45, 2.75) is 19.6 Å². The molecule has 122 valence electrons. The number of amides is 1. The standard InChI is InChI=1S/C17H21N3O3/c1-12-7-6-10-19-17(12)23-11-13-8-4-5-9-14(13)15(20-22-3)16(21)18-2/h4-10,15,20H,11H2,1-3H3,(H,18,21). The highest BCUT2D eigenvalue weighted by molar-refractivity contribution is 5.83. The zero-order chi connectivity index (χ0) is 16.7. The van der Waals surface area contributed by atoms with E-state index in [1.165, 1.54) is 7.11 Å². The van der Waals surface area contributed by atoms with Crippen molar-refractivity contribution < 1.29 is 14.4 Å². The monoisotopic (exact) mass is 315 g/mol. The third-order valence-corrected chi connectivity index (χ3v) is 3.44. The fourth-order valence-corrected chi connectivity index (χ4v) is 2.24. The second-order valence-electron chi connectivity index (χ2n) is 4.98. The lowest BCUT2D eigenvalue weighted by molar-refractivity contribution is -0.126. The molecule has 23 heavy (non-hydrogen) atoms. The number of aryl methyl sites for hydroxylation is 1. The molecular weight excluding hydrogens is 294 g/mol. The van der Waals surface area contributed by atoms with Crippen LogP contribution in [-0.4, -0.2) is 25.0 Å². The van der Waals surface area contributed by atoms with E-state index in [2.05, 4.69) is 15.8 Å². The van der Waals surface area contributed by atoms with E-state index in [1.807, 2.05) is 43.3 Å². The van der Waals surface area contributed by atoms with Gasteiger partial charge >= 0.3 is 0 Å². The first-order chi connectivity index (χ1) is 11.2. The number of carbonyl (C=O) groups excluding carboxylic acids is 1. The minimum Gasteiger partial charge on any atom is -0.473 e. The van der Waals surface area contributed by atoms with Crippen LogP contribution in [0.3, 0.4) is 0 Å². The van der Waals surface area contributed by atoms with E-state index in [0.717, 1.165) is 16.7 Å². The summed E-state index contributed by atoms with van der Waals surface area (Å²) in [6.07, 6.45) is 1.69. The Bertz CT molecular complexity index is 661. The maximum atomic E-state index is 12.1. The lowest BCUT2D eigenvalue weighted by Gasteiger charge is -2.19. The van der Waals surface area contributed by atoms with E-state index >= 15 is 0 Å². The van der Waals surface area contributed by atoms with Crippen molar-refractivity contribution in [3.05, 3.63) is 59.3 Å². The SMILES string of the molecule is CNC(=O)C(NOC)c1ccccc1COc1ncccc1C. The number of pyridine rings is 1. The first kappa shape index (κ1) is 16.9. The molecule has 2 N–H and O–H groups in total. The van der Waals surface area contributed by atoms with Crippen molar-refractivity contribution in [3.8, 4) is 5.88 Å². The van der Waals surface area contributed by atoms with Crippen molar-refractivity contribution >= 4 is 5.91 Å². The molecule has 1 unspecified atom stereocenters. The molecule has 1 aromatic carbocycles. The van der Waals surface area contributed by atoms with Gasteiger partial charge in [-0.05, 0) is 24.1 Å². The van der Waals surface area contributed by atoms with Crippen LogP contribution < -0.4 is 15.5 Å². The Labute approximate surface area is 135 Å². The van der Waals surface area contributed by atoms with Gasteiger partial charge < -0.3 is 14.9 Å². The fraction of sp³-hybridized carbons (Fsp3) is 0.294. The highest BCUT2D eigenvalue weighted by Gasteiger charge is 2.22. The van der Waals surface area contributed by atoms with Crippen LogP contribution in [0.25, 0.3) is 0 Å². The van der Waals surface area contributed by atoms with Gasteiger partial charge in [0.2, 0.25) is 11.8 Å². The average molecular weight is 315 g/mol. The Balaban J connectivity index is 2.22. The molecule has 0 aliphatic carbocycles. The molecule has 1 atom stereocenters. The van der Waals surface area contributed by atoms with E-state index in [4.69, 9.17) is 9.57 Å². The number of likely N-dealkylation sites (N-methyl/N-ethyl adjacent to an activating group) is 1. The number of benzene rings is 1. The van der Waals surface area contributed by atoms with E-state index in [-0.39, 0.29) is 5.91 Å². The summed E-state index contributed by atoms with van der Waals surface area (Å²) in [4.78, 5) is 21.2. The van der Waals surface area contributed by atoms with Crippen molar-refractivity contribution in [2.24, 2.45) is 0 Å². The zero-order valence-corrected chi connectivity index (χ0v) is 13.5. The second-order valence-corrected chi connectivity index (χ2v) is 4.98. The van der Waals surface area contributed by atoms with Crippen molar-refractivity contribution in [2.75, 3.05) is 14.2 Å². The summed E-state index contributed by atoms with van der Waals surface area (Å²) in [6, 6.07) is 10.7. The van der Waals surface area contributed by atoms with Gasteiger partial charge in [0, 0.05) is 18.8 Å². The maximum Gasteiger partial charge on any atom is 0.243 e. The smallest absolute Gasteiger partial charge is 0.243 e. The molecule has 0 aliphatic rings. The van der Waals surface area contributed by atoms with Crippen LogP contribution in [-0.2, 0) is 16.2 Å². The molecule has 1 amide bonds. The van der Waals surface area contributed by atoms with Gasteiger partial charge in [-0.2, -0.15) is 5.48 Å². The number of nitrogens with zero attached hydrogens (tertiary/aromatic N) is 1. The summed E-state index contributed by atoms with van der Waals surface area (Å²) >= 11 is 0. The van der Waals surface area contributed by atoms with Crippen molar-refractivity contribution in [3.63, 3.8) is 0 Å². The third kappa shape index (κ3) is 4.28. The Morgan fingerprint density at radius 1 is 1.26 bits per heavy atom. The lowest BCUT2D eigenvalue weighted by Crippen LogP contribution is -2.36. The van der Waals surface area contributed by atoms with Gasteiger partial charge in [0.25, 0.3) is 0 Å². The molecule has 0 saturated heterocycles. The van der Waals surface area contributed by atoms with Gasteiger partial charge in [-0.25, -0.2) is 4.98 Å². The third-order valence-electron chi connectivity index (χ3n) is 3.44. The number of hydrogen-bond donors (Lipinski definition) is 2. The summed E-state index contributed by atoms with van der Waals surface area (Å²) < 4.78 is 5.79. The van der Waals surface area contributed by atoms with Crippen LogP contribution in [0.5, 0.6) is 5.88 Å². The molecule has 6 heteroatoms. The van der Waals surface area contributed by atoms with Gasteiger partial charge in [-0.3, -0.25) is 4.79 Å². The molecule has 2 aromatic rings. The topological polar surface area (TPSA) is 72.5 Å². The number of hydroxylamine groups is 1. The lowest BCUT2D eigenvalue weighted by atomic mass is 10.0. The van der Waals surface area contributed by atoms with Crippen LogP contribution in [0.15, 0.2) is 42.6 Å². The van der Waals surface area contributed by atoms with Crippen LogP contribution >= 0.6 is 0 Å². The molecule has 2 rings (SSSR count). The first-order valence-corrected chi connectivity index (χ1v) is 7.29. The van der Waals surface area contributed by atoms with Gasteiger partial charge in [-0.1, -0.05) is 30.3 Å². The largest absolute Gasteiger partial charge is 0.473 e. The highest BCUT2D eigenvalue weighted by atomic mass is 16.6. The van der Waals surface area contributed by atoms with Crippen molar-refractivity contribution in [1.29, 1.82) is 0 Å². The molecule has 1 aromatic heterocycles. The molecule has 0 radical (unpaired) electrons. The summed E-state index contributed by atoms with van der Waals surface area (Å²) in [5.74, 6) is 0.395. The number of carbonyl (C=O) groups is 1. The molecule has 0 spiro atoms. The molecule has 6 nitrogen and oxygen atoms in total. The average Bonchev–Trinajstić information content (AvgIpc) is 2.59. The molecule has 0 bridgehead atoms. The first-order valence-electron chi connectivity index (χ1n) is 7.29.